The molecule has 8 aliphatic heterocycles. The monoisotopic (exact) mass is 687 g/mol. The Bertz CT molecular complexity index is 1630. The minimum absolute atomic E-state index is 0.510. The molecule has 0 aromatic heterocycles. The van der Waals surface area contributed by atoms with Gasteiger partial charge in [-0.15, -0.1) is 4.52 Å². The van der Waals surface area contributed by atoms with Crippen molar-refractivity contribution in [3.63, 3.8) is 0 Å². The van der Waals surface area contributed by atoms with Crippen molar-refractivity contribution in [3.05, 3.63) is 59.7 Å². The summed E-state index contributed by atoms with van der Waals surface area (Å²) in [6, 6.07) is 16.7. The van der Waals surface area contributed by atoms with E-state index in [2.05, 4.69) is 55.1 Å². The molecule has 4 saturated heterocycles. The molecule has 4 spiro atoms. The van der Waals surface area contributed by atoms with E-state index in [9.17, 15) is 0 Å². The molecule has 0 amide bonds. The predicted molar refractivity (Wildman–Crippen MR) is 174 cm³/mol. The lowest BCUT2D eigenvalue weighted by Gasteiger charge is -2.51. The average Bonchev–Trinajstić information content (AvgIpc) is 3.71. The summed E-state index contributed by atoms with van der Waals surface area (Å²) < 4.78 is 66.7. The van der Waals surface area contributed by atoms with Gasteiger partial charge in [-0.3, -0.25) is 0 Å². The van der Waals surface area contributed by atoms with Crippen LogP contribution in [0.25, 0.3) is 0 Å². The lowest BCUT2D eigenvalue weighted by Crippen LogP contribution is -2.49. The summed E-state index contributed by atoms with van der Waals surface area (Å²) in [5.74, 6) is 0.730. The Kier molecular flexibility index (Phi) is 6.83. The summed E-state index contributed by atoms with van der Waals surface area (Å²) in [7, 11) is -8.69. The van der Waals surface area contributed by atoms with E-state index in [-0.39, 0.29) is 0 Å². The zero-order valence-electron chi connectivity index (χ0n) is 25.9. The fourth-order valence-electron chi connectivity index (χ4n) is 8.06. The smallest absolute Gasteiger partial charge is 0.336 e. The minimum Gasteiger partial charge on any atom is -0.430 e. The van der Waals surface area contributed by atoms with Crippen LogP contribution in [0.3, 0.4) is 0 Å². The Labute approximate surface area is 269 Å². The van der Waals surface area contributed by atoms with E-state index in [0.717, 1.165) is 89.5 Å². The summed E-state index contributed by atoms with van der Waals surface area (Å²) in [6.07, 6.45) is 3.11. The van der Waals surface area contributed by atoms with Gasteiger partial charge in [0.05, 0.1) is 26.4 Å². The van der Waals surface area contributed by atoms with Crippen molar-refractivity contribution < 1.29 is 28.0 Å². The summed E-state index contributed by atoms with van der Waals surface area (Å²) in [6.45, 7) is 8.72. The van der Waals surface area contributed by atoms with Crippen LogP contribution in [0.4, 0.5) is 0 Å². The molecule has 2 aromatic rings. The van der Waals surface area contributed by atoms with Crippen molar-refractivity contribution in [2.45, 2.75) is 50.3 Å². The second-order valence-electron chi connectivity index (χ2n) is 13.1. The molecule has 10 rings (SSSR count). The van der Waals surface area contributed by atoms with Gasteiger partial charge in [0.15, 0.2) is 11.6 Å². The molecule has 2 bridgehead atoms. The fourth-order valence-corrected chi connectivity index (χ4v) is 21.7. The highest BCUT2D eigenvalue weighted by Crippen LogP contribution is 2.84. The van der Waals surface area contributed by atoms with Gasteiger partial charge in [-0.2, -0.15) is 9.03 Å². The second-order valence-corrected chi connectivity index (χ2v) is 21.0. The van der Waals surface area contributed by atoms with Gasteiger partial charge in [0.25, 0.3) is 0 Å². The van der Waals surface area contributed by atoms with Crippen LogP contribution >= 0.6 is 22.7 Å². The molecule has 8 aliphatic rings. The highest BCUT2D eigenvalue weighted by Gasteiger charge is 2.57. The third-order valence-electron chi connectivity index (χ3n) is 10.5. The van der Waals surface area contributed by atoms with Gasteiger partial charge in [-0.25, -0.2) is 18.7 Å². The van der Waals surface area contributed by atoms with E-state index in [0.29, 0.717) is 26.4 Å². The van der Waals surface area contributed by atoms with Crippen molar-refractivity contribution in [3.8, 4) is 11.5 Å². The van der Waals surface area contributed by atoms with Crippen molar-refractivity contribution in [1.29, 1.82) is 0 Å². The summed E-state index contributed by atoms with van der Waals surface area (Å²) in [4.78, 5) is 0. The Morgan fingerprint density at radius 3 is 1.41 bits per heavy atom. The number of nitrogens with zero attached hydrogens (tertiary/aromatic N) is 7. The molecular weight excluding hydrogens is 647 g/mol. The number of hydrogen-bond donors (Lipinski definition) is 0. The maximum Gasteiger partial charge on any atom is 0.336 e. The predicted octanol–water partition coefficient (Wildman–Crippen LogP) is 6.32. The molecule has 16 heteroatoms. The standard InChI is InChI=1S/C30H40N7O6P3/c1-3-7-27-25(5-1)23-36-17-18-37-24-26-6-2-4-8-28(26)43-46(37)32-44(31-45(36,33-46)42-27,34-13-9-29(10-14-34)38-19-20-39-29)35-15-11-30(12-16-35)40-21-22-41-30/h1-8H,9-24H2. The Hall–Kier alpha value is -1.59. The van der Waals surface area contributed by atoms with Crippen LogP contribution < -0.4 is 9.05 Å². The van der Waals surface area contributed by atoms with E-state index in [4.69, 9.17) is 41.5 Å². The maximum absolute atomic E-state index is 7.17. The summed E-state index contributed by atoms with van der Waals surface area (Å²) in [5, 5.41) is 0. The first kappa shape index (κ1) is 29.3. The average molecular weight is 688 g/mol. The molecule has 46 heavy (non-hydrogen) atoms. The van der Waals surface area contributed by atoms with Gasteiger partial charge in [0, 0.05) is 89.2 Å². The topological polar surface area (TPSA) is 105 Å². The lowest BCUT2D eigenvalue weighted by molar-refractivity contribution is -0.182. The van der Waals surface area contributed by atoms with Crippen LogP contribution in [0, 0.1) is 0 Å². The number of fused-ring (bicyclic) bond motifs is 2. The Balaban J connectivity index is 1.18. The van der Waals surface area contributed by atoms with Crippen molar-refractivity contribution in [2.24, 2.45) is 13.5 Å². The van der Waals surface area contributed by atoms with Crippen molar-refractivity contribution in [1.82, 2.24) is 18.7 Å². The highest BCUT2D eigenvalue weighted by atomic mass is 31.3. The van der Waals surface area contributed by atoms with Crippen molar-refractivity contribution >= 4 is 22.7 Å². The van der Waals surface area contributed by atoms with Crippen LogP contribution in [-0.2, 0) is 32.0 Å². The quantitative estimate of drug-likeness (QED) is 0.333. The summed E-state index contributed by atoms with van der Waals surface area (Å²) >= 11 is 0. The van der Waals surface area contributed by atoms with Crippen molar-refractivity contribution in [2.75, 3.05) is 65.7 Å². The normalized spacial score (nSPS) is 34.4. The molecular formula is C30H40N7O6P3. The van der Waals surface area contributed by atoms with Gasteiger partial charge >= 0.3 is 15.2 Å². The SMILES string of the molecule is c1ccc2c(c1)CN1CCN3Cc4ccccc4OP34=NP(N3CCC5(CC3)OCCO5)(N3CCC5(CC3)OCCO5)=NP1(=N4)O2. The molecule has 0 saturated carbocycles. The number of piperidine rings is 2. The van der Waals surface area contributed by atoms with Crippen LogP contribution in [0.2, 0.25) is 0 Å². The third kappa shape index (κ3) is 4.48. The fraction of sp³-hybridized carbons (Fsp3) is 0.600. The molecule has 13 nitrogen and oxygen atoms in total. The zero-order chi connectivity index (χ0) is 30.5. The number of ether oxygens (including phenoxy) is 4. The molecule has 0 radical (unpaired) electrons. The van der Waals surface area contributed by atoms with Crippen LogP contribution in [0.1, 0.15) is 36.8 Å². The van der Waals surface area contributed by atoms with E-state index in [1.807, 2.05) is 12.1 Å². The molecule has 0 aliphatic carbocycles. The minimum atomic E-state index is -2.94. The van der Waals surface area contributed by atoms with Crippen LogP contribution in [0.15, 0.2) is 62.1 Å². The van der Waals surface area contributed by atoms with Gasteiger partial charge in [-0.05, 0) is 12.1 Å². The Morgan fingerprint density at radius 2 is 0.935 bits per heavy atom. The second kappa shape index (κ2) is 10.7. The van der Waals surface area contributed by atoms with E-state index in [1.165, 1.54) is 11.1 Å². The molecule has 4 fully saturated rings. The van der Waals surface area contributed by atoms with E-state index in [1.54, 1.807) is 0 Å². The molecule has 2 atom stereocenters. The van der Waals surface area contributed by atoms with E-state index < -0.39 is 34.2 Å². The molecule has 8 heterocycles. The molecule has 0 N–H and O–H groups in total. The largest absolute Gasteiger partial charge is 0.430 e. The highest BCUT2D eigenvalue weighted by molar-refractivity contribution is 7.81. The number of rotatable bonds is 2. The van der Waals surface area contributed by atoms with E-state index >= 15 is 0 Å². The van der Waals surface area contributed by atoms with Gasteiger partial charge < -0.3 is 28.0 Å². The first-order valence-electron chi connectivity index (χ1n) is 16.6. The van der Waals surface area contributed by atoms with Crippen LogP contribution in [0.5, 0.6) is 11.5 Å². The Morgan fingerprint density at radius 1 is 0.500 bits per heavy atom. The number of benzene rings is 2. The third-order valence-corrected chi connectivity index (χ3v) is 21.5. The lowest BCUT2D eigenvalue weighted by atomic mass is 10.1. The van der Waals surface area contributed by atoms with Gasteiger partial charge in [-0.1, -0.05) is 36.4 Å². The summed E-state index contributed by atoms with van der Waals surface area (Å²) in [5.41, 5.74) is 2.35. The number of hydrogen-bond acceptors (Lipinski definition) is 13. The first-order chi connectivity index (χ1) is 22.5. The van der Waals surface area contributed by atoms with Crippen LogP contribution in [-0.4, -0.2) is 96.0 Å². The first-order valence-corrected chi connectivity index (χ1v) is 21.3. The van der Waals surface area contributed by atoms with Gasteiger partial charge in [0.1, 0.15) is 11.5 Å². The number of para-hydroxylation sites is 2. The zero-order valence-corrected chi connectivity index (χ0v) is 28.5. The maximum atomic E-state index is 7.17. The molecule has 2 aromatic carbocycles. The molecule has 2 unspecified atom stereocenters. The molecule has 246 valence electrons. The van der Waals surface area contributed by atoms with Gasteiger partial charge in [0.2, 0.25) is 7.51 Å².